The second-order valence-corrected chi connectivity index (χ2v) is 17.0. The molecule has 20 heavy (non-hydrogen) atoms. The van der Waals surface area contributed by atoms with Crippen molar-refractivity contribution in [1.29, 1.82) is 0 Å². The number of benzene rings is 2. The molecule has 0 fully saturated rings. The van der Waals surface area contributed by atoms with Crippen molar-refractivity contribution in [2.45, 2.75) is 18.8 Å². The van der Waals surface area contributed by atoms with E-state index >= 15 is 0 Å². The summed E-state index contributed by atoms with van der Waals surface area (Å²) < 4.78 is 5.86. The summed E-state index contributed by atoms with van der Waals surface area (Å²) in [7, 11) is 0. The van der Waals surface area contributed by atoms with Crippen LogP contribution in [0.1, 0.15) is 5.56 Å². The highest BCUT2D eigenvalue weighted by atomic mass is 79.9. The molecule has 0 spiro atoms. The van der Waals surface area contributed by atoms with Crippen molar-refractivity contribution in [1.82, 2.24) is 0 Å². The van der Waals surface area contributed by atoms with Gasteiger partial charge < -0.3 is 4.74 Å². The first-order valence-corrected chi connectivity index (χ1v) is 13.2. The van der Waals surface area contributed by atoms with Crippen LogP contribution in [0, 0.1) is 0 Å². The third-order valence-electron chi connectivity index (χ3n) is 2.59. The van der Waals surface area contributed by atoms with E-state index in [-0.39, 0.29) is 0 Å². The molecule has 0 bridgehead atoms. The summed E-state index contributed by atoms with van der Waals surface area (Å²) in [5.41, 5.74) is 1.31. The first-order valence-electron chi connectivity index (χ1n) is 6.61. The molecule has 0 unspecified atom stereocenters. The van der Waals surface area contributed by atoms with Crippen LogP contribution in [0.25, 0.3) is 0 Å². The van der Waals surface area contributed by atoms with Gasteiger partial charge in [-0.05, 0) is 35.2 Å². The largest absolute Gasteiger partial charge is 0.457 e. The molecule has 4 heteroatoms. The molecule has 0 aliphatic rings. The van der Waals surface area contributed by atoms with Gasteiger partial charge >= 0.3 is 0 Å². The van der Waals surface area contributed by atoms with Crippen LogP contribution in [-0.2, 0) is 5.75 Å². The van der Waals surface area contributed by atoms with Crippen LogP contribution in [-0.4, -0.2) is 12.1 Å². The Morgan fingerprint density at radius 3 is 2.40 bits per heavy atom. The monoisotopic (exact) mass is 366 g/mol. The molecule has 1 nitrogen and oxygen atoms in total. The molecule has 2 aromatic carbocycles. The Morgan fingerprint density at radius 2 is 1.70 bits per heavy atom. The lowest BCUT2D eigenvalue weighted by atomic mass is 10.2. The number of hydrogen-bond acceptors (Lipinski definition) is 2. The molecule has 0 atom stereocenters. The van der Waals surface area contributed by atoms with Gasteiger partial charge in [0.25, 0.3) is 0 Å². The Balaban J connectivity index is 1.94. The lowest BCUT2D eigenvalue weighted by molar-refractivity contribution is 0.482. The molecule has 2 rings (SSSR count). The van der Waals surface area contributed by atoms with Gasteiger partial charge in [0.2, 0.25) is 0 Å². The van der Waals surface area contributed by atoms with Gasteiger partial charge in [0.15, 0.2) is 0 Å². The Morgan fingerprint density at radius 1 is 1.00 bits per heavy atom. The molecule has 0 aliphatic heterocycles. The molecule has 0 amide bonds. The van der Waals surface area contributed by atoms with Crippen LogP contribution in [0.5, 0.6) is 11.5 Å². The van der Waals surface area contributed by atoms with Crippen molar-refractivity contribution in [3.8, 4) is 11.5 Å². The zero-order chi connectivity index (χ0) is 14.4. The van der Waals surface area contributed by atoms with E-state index in [4.69, 9.17) is 4.74 Å². The van der Waals surface area contributed by atoms with Crippen molar-refractivity contribution < 1.29 is 4.74 Å². The van der Waals surface area contributed by atoms with Crippen molar-refractivity contribution in [2.75, 3.05) is 5.38 Å². The predicted octanol–water partition coefficient (Wildman–Crippen LogP) is 5.85. The van der Waals surface area contributed by atoms with Crippen molar-refractivity contribution in [3.05, 3.63) is 60.2 Å². The number of thioether (sulfide) groups is 1. The SMILES string of the molecule is C[Si](C)(Br)CSCc1cccc(Oc2ccccc2)c1. The molecule has 0 aromatic heterocycles. The fourth-order valence-electron chi connectivity index (χ4n) is 1.73. The topological polar surface area (TPSA) is 9.23 Å². The van der Waals surface area contributed by atoms with Crippen molar-refractivity contribution in [3.63, 3.8) is 0 Å². The molecule has 2 aromatic rings. The van der Waals surface area contributed by atoms with Crippen molar-refractivity contribution >= 4 is 33.7 Å². The van der Waals surface area contributed by atoms with Gasteiger partial charge in [0.1, 0.15) is 18.2 Å². The number of hydrogen-bond donors (Lipinski definition) is 0. The van der Waals surface area contributed by atoms with Crippen molar-refractivity contribution in [2.24, 2.45) is 0 Å². The lowest BCUT2D eigenvalue weighted by Crippen LogP contribution is -2.19. The normalized spacial score (nSPS) is 11.3. The minimum atomic E-state index is -1.14. The highest BCUT2D eigenvalue weighted by Gasteiger charge is 2.15. The van der Waals surface area contributed by atoms with Crippen LogP contribution in [0.3, 0.4) is 0 Å². The van der Waals surface area contributed by atoms with E-state index in [0.29, 0.717) is 0 Å². The molecular formula is C16H19BrOSSi. The van der Waals surface area contributed by atoms with Gasteiger partial charge in [-0.3, -0.25) is 0 Å². The van der Waals surface area contributed by atoms with Crippen LogP contribution < -0.4 is 4.74 Å². The zero-order valence-electron chi connectivity index (χ0n) is 11.8. The Labute approximate surface area is 134 Å². The van der Waals surface area contributed by atoms with Gasteiger partial charge in [0, 0.05) is 5.75 Å². The van der Waals surface area contributed by atoms with E-state index in [2.05, 4.69) is 46.6 Å². The van der Waals surface area contributed by atoms with E-state index in [1.54, 1.807) is 0 Å². The van der Waals surface area contributed by atoms with Gasteiger partial charge in [-0.15, -0.1) is 15.3 Å². The quantitative estimate of drug-likeness (QED) is 0.468. The van der Waals surface area contributed by atoms with Crippen LogP contribution >= 0.6 is 27.1 Å². The second-order valence-electron chi connectivity index (χ2n) is 5.27. The van der Waals surface area contributed by atoms with Crippen LogP contribution in [0.2, 0.25) is 13.1 Å². The molecule has 0 radical (unpaired) electrons. The minimum Gasteiger partial charge on any atom is -0.457 e. The third-order valence-corrected chi connectivity index (χ3v) is 8.75. The smallest absolute Gasteiger partial charge is 0.134 e. The zero-order valence-corrected chi connectivity index (χ0v) is 15.2. The third kappa shape index (κ3) is 5.73. The van der Waals surface area contributed by atoms with Gasteiger partial charge in [-0.25, -0.2) is 0 Å². The molecule has 0 aliphatic carbocycles. The fourth-order valence-corrected chi connectivity index (χ4v) is 5.96. The van der Waals surface area contributed by atoms with E-state index in [1.165, 1.54) is 10.9 Å². The average Bonchev–Trinajstić information content (AvgIpc) is 2.39. The van der Waals surface area contributed by atoms with E-state index in [1.807, 2.05) is 48.2 Å². The Bertz CT molecular complexity index is 540. The summed E-state index contributed by atoms with van der Waals surface area (Å²) in [5.74, 6) is 2.82. The van der Waals surface area contributed by atoms with E-state index in [0.717, 1.165) is 17.3 Å². The first kappa shape index (κ1) is 15.7. The Hall–Kier alpha value is -0.713. The maximum atomic E-state index is 5.86. The Kier molecular flexibility index (Phi) is 5.75. The standard InChI is InChI=1S/C16H19BrOSSi/c1-20(2,17)13-19-12-14-7-6-10-16(11-14)18-15-8-4-3-5-9-15/h3-11H,12-13H2,1-2H3. The molecule has 0 heterocycles. The number of rotatable bonds is 6. The van der Waals surface area contributed by atoms with Crippen LogP contribution in [0.15, 0.2) is 54.6 Å². The average molecular weight is 367 g/mol. The molecular weight excluding hydrogens is 348 g/mol. The van der Waals surface area contributed by atoms with E-state index < -0.39 is 6.69 Å². The van der Waals surface area contributed by atoms with E-state index in [9.17, 15) is 0 Å². The second kappa shape index (κ2) is 7.34. The highest BCUT2D eigenvalue weighted by molar-refractivity contribution is 9.26. The maximum absolute atomic E-state index is 5.86. The van der Waals surface area contributed by atoms with Gasteiger partial charge in [-0.2, -0.15) is 11.8 Å². The predicted molar refractivity (Wildman–Crippen MR) is 95.5 cm³/mol. The summed E-state index contributed by atoms with van der Waals surface area (Å²) >= 11 is 5.79. The molecule has 106 valence electrons. The molecule has 0 N–H and O–H groups in total. The summed E-state index contributed by atoms with van der Waals surface area (Å²) in [6, 6.07) is 18.3. The number of ether oxygens (including phenoxy) is 1. The summed E-state index contributed by atoms with van der Waals surface area (Å²) in [6.45, 7) is 3.52. The summed E-state index contributed by atoms with van der Waals surface area (Å²) in [4.78, 5) is 0. The van der Waals surface area contributed by atoms with Gasteiger partial charge in [0.05, 0.1) is 0 Å². The number of halogens is 1. The maximum Gasteiger partial charge on any atom is 0.134 e. The highest BCUT2D eigenvalue weighted by Crippen LogP contribution is 2.25. The fraction of sp³-hybridized carbons (Fsp3) is 0.250. The summed E-state index contributed by atoms with van der Waals surface area (Å²) in [6.07, 6.45) is 0. The minimum absolute atomic E-state index is 0.881. The lowest BCUT2D eigenvalue weighted by Gasteiger charge is -2.13. The van der Waals surface area contributed by atoms with Crippen LogP contribution in [0.4, 0.5) is 0 Å². The first-order chi connectivity index (χ1) is 9.53. The molecule has 0 saturated heterocycles. The molecule has 0 saturated carbocycles. The number of para-hydroxylation sites is 1. The summed E-state index contributed by atoms with van der Waals surface area (Å²) in [5, 5.41) is 1.22. The van der Waals surface area contributed by atoms with Gasteiger partial charge in [-0.1, -0.05) is 43.4 Å².